The van der Waals surface area contributed by atoms with Crippen molar-refractivity contribution < 1.29 is 58.4 Å². The minimum atomic E-state index is -1.77. The van der Waals surface area contributed by atoms with Gasteiger partial charge in [-0.2, -0.15) is 0 Å². The molecule has 13 nitrogen and oxygen atoms in total. The van der Waals surface area contributed by atoms with Crippen molar-refractivity contribution >= 4 is 5.97 Å². The molecule has 51 heavy (non-hydrogen) atoms. The lowest BCUT2D eigenvalue weighted by atomic mass is 9.76. The maximum absolute atomic E-state index is 14.1. The van der Waals surface area contributed by atoms with Crippen LogP contribution in [0.3, 0.4) is 0 Å². The van der Waals surface area contributed by atoms with Crippen molar-refractivity contribution in [2.24, 2.45) is 23.7 Å². The maximum Gasteiger partial charge on any atom is 0.311 e. The van der Waals surface area contributed by atoms with E-state index in [2.05, 4.69) is 6.92 Å². The van der Waals surface area contributed by atoms with Gasteiger partial charge in [-0.3, -0.25) is 9.69 Å². The highest BCUT2D eigenvalue weighted by Crippen LogP contribution is 2.48. The Morgan fingerprint density at radius 1 is 0.941 bits per heavy atom. The smallest absolute Gasteiger partial charge is 0.311 e. The van der Waals surface area contributed by atoms with Crippen molar-refractivity contribution in [3.8, 4) is 0 Å². The Bertz CT molecular complexity index is 1140. The third-order valence-corrected chi connectivity index (χ3v) is 12.5. The van der Waals surface area contributed by atoms with Crippen molar-refractivity contribution in [3.05, 3.63) is 0 Å². The molecule has 18 atom stereocenters. The molecule has 298 valence electrons. The van der Waals surface area contributed by atoms with Crippen LogP contribution in [0.4, 0.5) is 0 Å². The molecule has 13 heteroatoms. The van der Waals surface area contributed by atoms with Gasteiger partial charge in [-0.15, -0.1) is 0 Å². The lowest BCUT2D eigenvalue weighted by Crippen LogP contribution is -2.60. The van der Waals surface area contributed by atoms with E-state index in [-0.39, 0.29) is 37.2 Å². The molecular weight excluding hydrogens is 662 g/mol. The van der Waals surface area contributed by atoms with E-state index in [4.69, 9.17) is 33.2 Å². The highest BCUT2D eigenvalue weighted by Gasteiger charge is 2.57. The Hall–Kier alpha value is -0.970. The zero-order valence-corrected chi connectivity index (χ0v) is 33.1. The van der Waals surface area contributed by atoms with E-state index in [0.717, 1.165) is 0 Å². The molecule has 0 unspecified atom stereocenters. The van der Waals surface area contributed by atoms with Crippen molar-refractivity contribution in [3.63, 3.8) is 0 Å². The first-order chi connectivity index (χ1) is 23.7. The topological polar surface area (TPSA) is 166 Å². The largest absolute Gasteiger partial charge is 0.459 e. The van der Waals surface area contributed by atoms with Crippen LogP contribution in [0.2, 0.25) is 0 Å². The SMILES string of the molecule is CC[C@H]1OC(=O)[C@H](C)[C@@H](O[C@H]2C[C@@](C)(OC)C[C@H](C)O2)[C@H](C)[C@@H](O[C@@H]2O[C@H](C)C[C@H](N(C)CCO)[C@H]2O)[C@]2(C)C[C@H](C)[C@@H](O2)[C@H](C)[C@@H](O)[C@]1(C)O. The van der Waals surface area contributed by atoms with Gasteiger partial charge in [0, 0.05) is 44.4 Å². The summed E-state index contributed by atoms with van der Waals surface area (Å²) in [4.78, 5) is 16.1. The lowest BCUT2D eigenvalue weighted by Gasteiger charge is -2.48. The Labute approximate surface area is 305 Å². The average Bonchev–Trinajstić information content (AvgIpc) is 3.38. The molecule has 0 aliphatic carbocycles. The van der Waals surface area contributed by atoms with Crippen molar-refractivity contribution in [2.45, 2.75) is 186 Å². The molecule has 0 aromatic heterocycles. The summed E-state index contributed by atoms with van der Waals surface area (Å²) in [5, 5.41) is 44.9. The zero-order chi connectivity index (χ0) is 38.2. The number of carbonyl (C=O) groups excluding carboxylic acids is 1. The minimum absolute atomic E-state index is 0.0550. The number of nitrogens with zero attached hydrogens (tertiary/aromatic N) is 1. The number of rotatable bonds is 9. The number of methoxy groups -OCH3 is 1. The second-order valence-corrected chi connectivity index (χ2v) is 17.0. The van der Waals surface area contributed by atoms with E-state index >= 15 is 0 Å². The average molecular weight is 732 g/mol. The molecule has 4 rings (SSSR count). The van der Waals surface area contributed by atoms with E-state index in [1.54, 1.807) is 14.0 Å². The van der Waals surface area contributed by atoms with Crippen LogP contribution >= 0.6 is 0 Å². The van der Waals surface area contributed by atoms with Gasteiger partial charge in [0.1, 0.15) is 17.8 Å². The zero-order valence-electron chi connectivity index (χ0n) is 33.1. The number of likely N-dealkylation sites (N-methyl/N-ethyl adjacent to an activating group) is 1. The van der Waals surface area contributed by atoms with Gasteiger partial charge in [-0.1, -0.05) is 27.7 Å². The number of hydrogen-bond donors (Lipinski definition) is 4. The van der Waals surface area contributed by atoms with Gasteiger partial charge in [0.2, 0.25) is 0 Å². The monoisotopic (exact) mass is 731 g/mol. The molecule has 0 aromatic carbocycles. The number of fused-ring (bicyclic) bond motifs is 2. The first kappa shape index (κ1) is 42.8. The molecule has 2 bridgehead atoms. The standard InChI is InChI=1S/C38H69NO12/c1-13-27-38(10,44)32(42)23(5)30-20(2)17-37(9,51-30)33(50-35-29(41)26(16-21(3)47-35)39(11)14-15-40)24(6)31(25(7)34(43)48-27)49-28-19-36(8,45-12)18-22(4)46-28/h20-33,35,40-42,44H,13-19H2,1-12H3/t20-,21+,22-,23-,24-,25+,26-,27+,28-,29+,30+,31-,32+,33+,35-,36-,37-,38+/m0/s1. The van der Waals surface area contributed by atoms with Gasteiger partial charge < -0.3 is 53.6 Å². The van der Waals surface area contributed by atoms with Crippen LogP contribution in [0.1, 0.15) is 101 Å². The number of hydrogen-bond acceptors (Lipinski definition) is 13. The molecule has 4 heterocycles. The highest BCUT2D eigenvalue weighted by molar-refractivity contribution is 5.73. The molecule has 4 N–H and O–H groups in total. The Kier molecular flexibility index (Phi) is 14.1. The molecule has 0 spiro atoms. The molecule has 0 saturated carbocycles. The Balaban J connectivity index is 1.82. The van der Waals surface area contributed by atoms with Gasteiger partial charge in [-0.25, -0.2) is 0 Å². The number of cyclic esters (lactones) is 1. The van der Waals surface area contributed by atoms with E-state index in [0.29, 0.717) is 32.2 Å². The van der Waals surface area contributed by atoms with Crippen LogP contribution in [0.25, 0.3) is 0 Å². The van der Waals surface area contributed by atoms with Crippen LogP contribution in [0.5, 0.6) is 0 Å². The summed E-state index contributed by atoms with van der Waals surface area (Å²) in [5.41, 5.74) is -3.28. The summed E-state index contributed by atoms with van der Waals surface area (Å²) >= 11 is 0. The van der Waals surface area contributed by atoms with Crippen LogP contribution < -0.4 is 0 Å². The first-order valence-electron chi connectivity index (χ1n) is 19.2. The normalized spacial score (nSPS) is 50.3. The highest BCUT2D eigenvalue weighted by atomic mass is 16.7. The van der Waals surface area contributed by atoms with Gasteiger partial charge in [-0.05, 0) is 73.8 Å². The predicted molar refractivity (Wildman–Crippen MR) is 189 cm³/mol. The van der Waals surface area contributed by atoms with Gasteiger partial charge >= 0.3 is 5.97 Å². The summed E-state index contributed by atoms with van der Waals surface area (Å²) in [6.07, 6.45) is -5.21. The van der Waals surface area contributed by atoms with Crippen LogP contribution in [0.15, 0.2) is 0 Å². The van der Waals surface area contributed by atoms with E-state index in [9.17, 15) is 25.2 Å². The Morgan fingerprint density at radius 3 is 2.22 bits per heavy atom. The van der Waals surface area contributed by atoms with Crippen LogP contribution in [0, 0.1) is 23.7 Å². The number of ether oxygens (including phenoxy) is 7. The second kappa shape index (κ2) is 16.8. The lowest BCUT2D eigenvalue weighted by molar-refractivity contribution is -0.312. The number of esters is 1. The second-order valence-electron chi connectivity index (χ2n) is 17.0. The quantitative estimate of drug-likeness (QED) is 0.256. The number of aliphatic hydroxyl groups is 4. The van der Waals surface area contributed by atoms with Crippen molar-refractivity contribution in [2.75, 3.05) is 27.3 Å². The molecule has 0 aromatic rings. The van der Waals surface area contributed by atoms with Crippen LogP contribution in [-0.4, -0.2) is 143 Å². The number of aliphatic hydroxyl groups excluding tert-OH is 3. The van der Waals surface area contributed by atoms with E-state index < -0.39 is 89.7 Å². The first-order valence-corrected chi connectivity index (χ1v) is 19.2. The van der Waals surface area contributed by atoms with Gasteiger partial charge in [0.05, 0.1) is 60.4 Å². The Morgan fingerprint density at radius 2 is 1.61 bits per heavy atom. The summed E-state index contributed by atoms with van der Waals surface area (Å²) < 4.78 is 45.3. The molecule has 4 aliphatic rings. The number of carbonyl (C=O) groups is 1. The third kappa shape index (κ3) is 9.12. The molecule has 4 saturated heterocycles. The fourth-order valence-electron chi connectivity index (χ4n) is 9.50. The van der Waals surface area contributed by atoms with Gasteiger partial charge in [0.15, 0.2) is 12.6 Å². The summed E-state index contributed by atoms with van der Waals surface area (Å²) in [6.45, 7) is 19.1. The summed E-state index contributed by atoms with van der Waals surface area (Å²) in [6, 6.07) is -0.340. The molecule has 4 aliphatic heterocycles. The molecule has 0 radical (unpaired) electrons. The van der Waals surface area contributed by atoms with Crippen molar-refractivity contribution in [1.82, 2.24) is 4.90 Å². The summed E-state index contributed by atoms with van der Waals surface area (Å²) in [7, 11) is 3.53. The van der Waals surface area contributed by atoms with Crippen LogP contribution in [-0.2, 0) is 38.0 Å². The minimum Gasteiger partial charge on any atom is -0.459 e. The van der Waals surface area contributed by atoms with E-state index in [1.165, 1.54) is 6.92 Å². The fraction of sp³-hybridized carbons (Fsp3) is 0.974. The van der Waals surface area contributed by atoms with Gasteiger partial charge in [0.25, 0.3) is 0 Å². The van der Waals surface area contributed by atoms with E-state index in [1.807, 2.05) is 60.4 Å². The third-order valence-electron chi connectivity index (χ3n) is 12.5. The molecule has 0 amide bonds. The van der Waals surface area contributed by atoms with Crippen molar-refractivity contribution in [1.29, 1.82) is 0 Å². The predicted octanol–water partition coefficient (Wildman–Crippen LogP) is 3.01. The fourth-order valence-corrected chi connectivity index (χ4v) is 9.50. The maximum atomic E-state index is 14.1. The molecular formula is C38H69NO12. The summed E-state index contributed by atoms with van der Waals surface area (Å²) in [5.74, 6) is -2.61. The molecule has 4 fully saturated rings.